The number of imidazole rings is 1. The first-order valence-electron chi connectivity index (χ1n) is 11.5. The number of aromatic nitrogens is 7. The molecule has 4 aromatic rings. The molecule has 188 valence electrons. The Morgan fingerprint density at radius 3 is 2.89 bits per heavy atom. The third-order valence-electron chi connectivity index (χ3n) is 6.84. The number of ether oxygens (including phenoxy) is 1. The van der Waals surface area contributed by atoms with Gasteiger partial charge in [0.15, 0.2) is 17.4 Å². The average molecular weight is 522 g/mol. The van der Waals surface area contributed by atoms with Crippen LogP contribution in [0.25, 0.3) is 22.5 Å². The zero-order valence-electron chi connectivity index (χ0n) is 19.6. The summed E-state index contributed by atoms with van der Waals surface area (Å²) < 4.78 is 22.1. The van der Waals surface area contributed by atoms with Crippen molar-refractivity contribution >= 4 is 28.9 Å². The number of amides is 1. The number of hydrogen-bond donors (Lipinski definition) is 2. The Morgan fingerprint density at radius 2 is 2.11 bits per heavy atom. The number of halogens is 2. The van der Waals surface area contributed by atoms with Gasteiger partial charge in [0.2, 0.25) is 5.91 Å². The Balaban J connectivity index is 1.33. The van der Waals surface area contributed by atoms with Gasteiger partial charge in [-0.05, 0) is 53.5 Å². The summed E-state index contributed by atoms with van der Waals surface area (Å²) in [6.07, 6.45) is 8.02. The molecule has 0 spiro atoms. The molecule has 0 aliphatic carbocycles. The molecule has 11 nitrogen and oxygen atoms in total. The molecular formula is C24H21ClFN9O2. The first-order valence-corrected chi connectivity index (χ1v) is 11.9. The molecule has 3 N–H and O–H groups in total. The number of benzene rings is 1. The number of nitrogens with one attached hydrogen (secondary N) is 1. The summed E-state index contributed by atoms with van der Waals surface area (Å²) in [5.74, 6) is 0.543. The molecule has 0 unspecified atom stereocenters. The van der Waals surface area contributed by atoms with E-state index in [2.05, 4.69) is 30.5 Å². The lowest BCUT2D eigenvalue weighted by Crippen LogP contribution is -2.39. The highest BCUT2D eigenvalue weighted by Gasteiger charge is 2.42. The second kappa shape index (κ2) is 8.96. The SMILES string of the molecule is COc1c(-c2cnc([C@H]3CC[C@H]4CC(c5c(-n6cnnn6)ccc(Cl)c5F)=CC(=O)N43)[nH]2)ccnc1N. The number of tetrazole rings is 1. The minimum absolute atomic E-state index is 0.0396. The number of nitrogens with two attached hydrogens (primary N) is 1. The van der Waals surface area contributed by atoms with Crippen LogP contribution in [-0.4, -0.2) is 59.1 Å². The van der Waals surface area contributed by atoms with Crippen molar-refractivity contribution in [1.29, 1.82) is 0 Å². The average Bonchev–Trinajstić information content (AvgIpc) is 3.66. The van der Waals surface area contributed by atoms with Crippen molar-refractivity contribution in [2.75, 3.05) is 12.8 Å². The maximum atomic E-state index is 15.3. The summed E-state index contributed by atoms with van der Waals surface area (Å²) in [7, 11) is 1.53. The van der Waals surface area contributed by atoms with Crippen LogP contribution >= 0.6 is 11.6 Å². The van der Waals surface area contributed by atoms with Crippen LogP contribution in [0.1, 0.15) is 36.7 Å². The van der Waals surface area contributed by atoms with Gasteiger partial charge < -0.3 is 20.4 Å². The van der Waals surface area contributed by atoms with E-state index in [0.29, 0.717) is 41.4 Å². The van der Waals surface area contributed by atoms with Gasteiger partial charge in [-0.1, -0.05) is 11.6 Å². The van der Waals surface area contributed by atoms with Crippen LogP contribution in [0.2, 0.25) is 5.02 Å². The summed E-state index contributed by atoms with van der Waals surface area (Å²) >= 11 is 6.11. The van der Waals surface area contributed by atoms with Gasteiger partial charge in [0, 0.05) is 29.4 Å². The minimum atomic E-state index is -0.613. The van der Waals surface area contributed by atoms with E-state index in [1.54, 1.807) is 24.5 Å². The fourth-order valence-corrected chi connectivity index (χ4v) is 5.40. The molecule has 3 aromatic heterocycles. The first-order chi connectivity index (χ1) is 18.0. The molecule has 0 saturated carbocycles. The highest BCUT2D eigenvalue weighted by atomic mass is 35.5. The second-order valence-corrected chi connectivity index (χ2v) is 9.24. The number of hydrogen-bond acceptors (Lipinski definition) is 8. The molecule has 1 aromatic carbocycles. The van der Waals surface area contributed by atoms with Crippen molar-refractivity contribution in [2.45, 2.75) is 31.3 Å². The smallest absolute Gasteiger partial charge is 0.247 e. The monoisotopic (exact) mass is 521 g/mol. The molecule has 5 heterocycles. The fourth-order valence-electron chi connectivity index (χ4n) is 5.24. The predicted octanol–water partition coefficient (Wildman–Crippen LogP) is 3.35. The number of aromatic amines is 1. The zero-order valence-corrected chi connectivity index (χ0v) is 20.4. The fraction of sp³-hybridized carbons (Fsp3) is 0.250. The van der Waals surface area contributed by atoms with Crippen LogP contribution < -0.4 is 10.5 Å². The molecule has 6 rings (SSSR count). The van der Waals surface area contributed by atoms with E-state index in [1.165, 1.54) is 30.3 Å². The number of carbonyl (C=O) groups excluding carboxylic acids is 1. The van der Waals surface area contributed by atoms with Crippen molar-refractivity contribution < 1.29 is 13.9 Å². The van der Waals surface area contributed by atoms with Gasteiger partial charge in [-0.15, -0.1) is 5.10 Å². The Kier molecular flexibility index (Phi) is 5.60. The van der Waals surface area contributed by atoms with E-state index in [4.69, 9.17) is 22.1 Å². The Hall–Kier alpha value is -4.32. The van der Waals surface area contributed by atoms with Crippen LogP contribution in [0.3, 0.4) is 0 Å². The van der Waals surface area contributed by atoms with Crippen molar-refractivity contribution in [2.24, 2.45) is 0 Å². The summed E-state index contributed by atoms with van der Waals surface area (Å²) in [5, 5.41) is 11.1. The number of H-pyrrole nitrogens is 1. The van der Waals surface area contributed by atoms with E-state index < -0.39 is 5.82 Å². The van der Waals surface area contributed by atoms with Crippen molar-refractivity contribution in [3.8, 4) is 22.7 Å². The van der Waals surface area contributed by atoms with Crippen molar-refractivity contribution in [3.63, 3.8) is 0 Å². The molecule has 13 heteroatoms. The molecule has 1 saturated heterocycles. The minimum Gasteiger partial charge on any atom is -0.492 e. The molecule has 37 heavy (non-hydrogen) atoms. The van der Waals surface area contributed by atoms with Gasteiger partial charge in [0.05, 0.1) is 35.8 Å². The molecular weight excluding hydrogens is 501 g/mol. The second-order valence-electron chi connectivity index (χ2n) is 8.84. The topological polar surface area (TPSA) is 141 Å². The van der Waals surface area contributed by atoms with E-state index in [-0.39, 0.29) is 34.4 Å². The van der Waals surface area contributed by atoms with Gasteiger partial charge in [0.1, 0.15) is 12.2 Å². The maximum Gasteiger partial charge on any atom is 0.247 e. The van der Waals surface area contributed by atoms with Crippen LogP contribution in [0.15, 0.2) is 43.0 Å². The number of nitrogens with zero attached hydrogens (tertiary/aromatic N) is 7. The largest absolute Gasteiger partial charge is 0.492 e. The molecule has 0 radical (unpaired) electrons. The van der Waals surface area contributed by atoms with E-state index >= 15 is 4.39 Å². The lowest BCUT2D eigenvalue weighted by atomic mass is 9.92. The number of carbonyl (C=O) groups is 1. The number of methoxy groups -OCH3 is 1. The van der Waals surface area contributed by atoms with Crippen LogP contribution in [0.5, 0.6) is 5.75 Å². The number of pyridine rings is 1. The Morgan fingerprint density at radius 1 is 1.24 bits per heavy atom. The van der Waals surface area contributed by atoms with Crippen LogP contribution in [0, 0.1) is 5.82 Å². The molecule has 0 bridgehead atoms. The zero-order chi connectivity index (χ0) is 25.7. The third-order valence-corrected chi connectivity index (χ3v) is 7.13. The maximum absolute atomic E-state index is 15.3. The number of fused-ring (bicyclic) bond motifs is 1. The quantitative estimate of drug-likeness (QED) is 0.407. The first kappa shape index (κ1) is 23.1. The van der Waals surface area contributed by atoms with Gasteiger partial charge in [-0.2, -0.15) is 4.68 Å². The highest BCUT2D eigenvalue weighted by Crippen LogP contribution is 2.44. The van der Waals surface area contributed by atoms with Gasteiger partial charge in [0.25, 0.3) is 0 Å². The predicted molar refractivity (Wildman–Crippen MR) is 132 cm³/mol. The van der Waals surface area contributed by atoms with Crippen LogP contribution in [0.4, 0.5) is 10.2 Å². The Bertz CT molecular complexity index is 1540. The molecule has 2 aliphatic rings. The lowest BCUT2D eigenvalue weighted by molar-refractivity contribution is -0.129. The van der Waals surface area contributed by atoms with E-state index in [1.807, 2.05) is 4.90 Å². The summed E-state index contributed by atoms with van der Waals surface area (Å²) in [6.45, 7) is 0. The normalized spacial score (nSPS) is 19.2. The Labute approximate surface area is 215 Å². The molecule has 1 amide bonds. The molecule has 2 aliphatic heterocycles. The highest BCUT2D eigenvalue weighted by molar-refractivity contribution is 6.31. The molecule has 2 atom stereocenters. The number of anilines is 1. The molecule has 1 fully saturated rings. The van der Waals surface area contributed by atoms with E-state index in [0.717, 1.165) is 12.0 Å². The van der Waals surface area contributed by atoms with Crippen molar-refractivity contribution in [3.05, 3.63) is 65.2 Å². The van der Waals surface area contributed by atoms with E-state index in [9.17, 15) is 4.79 Å². The lowest BCUT2D eigenvalue weighted by Gasteiger charge is -2.33. The standard InChI is InChI=1S/C24H21ClFN9O2/c1-37-22-14(6-7-28-23(22)27)16-10-29-24(31-16)18-4-2-13-8-12(9-19(36)35(13)18)20-17(34-11-30-32-33-34)5-3-15(25)21(20)26/h3,5-7,9-11,13,18H,2,4,8H2,1H3,(H2,27,28)(H,29,31)/t13-,18+/m0/s1. The number of nitrogen functional groups attached to an aromatic ring is 1. The summed E-state index contributed by atoms with van der Waals surface area (Å²) in [6, 6.07) is 4.49. The van der Waals surface area contributed by atoms with Gasteiger partial charge in [-0.3, -0.25) is 4.79 Å². The summed E-state index contributed by atoms with van der Waals surface area (Å²) in [5.41, 5.74) is 8.56. The third kappa shape index (κ3) is 3.80. The number of rotatable bonds is 5. The van der Waals surface area contributed by atoms with Gasteiger partial charge >= 0.3 is 0 Å². The van der Waals surface area contributed by atoms with Gasteiger partial charge in [-0.25, -0.2) is 14.4 Å². The van der Waals surface area contributed by atoms with Crippen LogP contribution in [-0.2, 0) is 4.79 Å². The summed E-state index contributed by atoms with van der Waals surface area (Å²) in [4.78, 5) is 27.2. The van der Waals surface area contributed by atoms with Crippen molar-refractivity contribution in [1.82, 2.24) is 40.1 Å².